The van der Waals surface area contributed by atoms with Crippen LogP contribution in [0.2, 0.25) is 0 Å². The summed E-state index contributed by atoms with van der Waals surface area (Å²) in [6.45, 7) is 14.5. The Morgan fingerprint density at radius 1 is 1.24 bits per heavy atom. The average molecular weight is 244 g/mol. The highest BCUT2D eigenvalue weighted by Crippen LogP contribution is 2.12. The second-order valence-corrected chi connectivity index (χ2v) is 5.79. The molecule has 0 fully saturated rings. The molecular weight excluding hydrogens is 216 g/mol. The van der Waals surface area contributed by atoms with Crippen molar-refractivity contribution in [2.75, 3.05) is 19.6 Å². The van der Waals surface area contributed by atoms with Crippen LogP contribution >= 0.6 is 0 Å². The quantitative estimate of drug-likeness (QED) is 0.639. The number of carboxylic acid groups (broad SMARTS) is 1. The SMILES string of the molecule is CC(C)N(CCNCC(C)(C)C(=O)O)C(C)C. The smallest absolute Gasteiger partial charge is 0.310 e. The molecule has 0 atom stereocenters. The fourth-order valence-corrected chi connectivity index (χ4v) is 1.80. The summed E-state index contributed by atoms with van der Waals surface area (Å²) in [5.41, 5.74) is -0.694. The van der Waals surface area contributed by atoms with E-state index in [-0.39, 0.29) is 0 Å². The van der Waals surface area contributed by atoms with Gasteiger partial charge in [0.2, 0.25) is 0 Å². The van der Waals surface area contributed by atoms with Crippen LogP contribution in [0.3, 0.4) is 0 Å². The number of nitrogens with zero attached hydrogens (tertiary/aromatic N) is 1. The van der Waals surface area contributed by atoms with Gasteiger partial charge in [0.05, 0.1) is 5.41 Å². The molecule has 17 heavy (non-hydrogen) atoms. The molecule has 0 aliphatic carbocycles. The molecule has 0 heterocycles. The predicted molar refractivity (Wildman–Crippen MR) is 71.3 cm³/mol. The first-order valence-corrected chi connectivity index (χ1v) is 6.38. The van der Waals surface area contributed by atoms with Gasteiger partial charge in [-0.2, -0.15) is 0 Å². The Morgan fingerprint density at radius 2 is 1.71 bits per heavy atom. The molecule has 0 saturated carbocycles. The molecule has 102 valence electrons. The van der Waals surface area contributed by atoms with Crippen LogP contribution in [-0.2, 0) is 4.79 Å². The van der Waals surface area contributed by atoms with Gasteiger partial charge < -0.3 is 10.4 Å². The molecule has 0 bridgehead atoms. The van der Waals surface area contributed by atoms with E-state index in [9.17, 15) is 4.79 Å². The van der Waals surface area contributed by atoms with Gasteiger partial charge in [-0.05, 0) is 41.5 Å². The maximum Gasteiger partial charge on any atom is 0.310 e. The van der Waals surface area contributed by atoms with Crippen LogP contribution in [0.4, 0.5) is 0 Å². The summed E-state index contributed by atoms with van der Waals surface area (Å²) in [7, 11) is 0. The molecule has 0 spiro atoms. The van der Waals surface area contributed by atoms with E-state index < -0.39 is 11.4 Å². The molecule has 4 heteroatoms. The van der Waals surface area contributed by atoms with Crippen molar-refractivity contribution < 1.29 is 9.90 Å². The highest BCUT2D eigenvalue weighted by atomic mass is 16.4. The van der Waals surface area contributed by atoms with Crippen molar-refractivity contribution in [1.29, 1.82) is 0 Å². The fourth-order valence-electron chi connectivity index (χ4n) is 1.80. The fraction of sp³-hybridized carbons (Fsp3) is 0.923. The normalized spacial score (nSPS) is 12.8. The first-order valence-electron chi connectivity index (χ1n) is 6.38. The van der Waals surface area contributed by atoms with E-state index in [0.29, 0.717) is 18.6 Å². The van der Waals surface area contributed by atoms with Crippen molar-refractivity contribution in [2.24, 2.45) is 5.41 Å². The third-order valence-corrected chi connectivity index (χ3v) is 3.02. The van der Waals surface area contributed by atoms with Gasteiger partial charge in [-0.1, -0.05) is 0 Å². The Morgan fingerprint density at radius 3 is 2.06 bits per heavy atom. The Labute approximate surface area is 105 Å². The summed E-state index contributed by atoms with van der Waals surface area (Å²) < 4.78 is 0. The summed E-state index contributed by atoms with van der Waals surface area (Å²) in [5, 5.41) is 12.2. The molecule has 4 nitrogen and oxygen atoms in total. The third kappa shape index (κ3) is 6.03. The van der Waals surface area contributed by atoms with E-state index in [2.05, 4.69) is 37.9 Å². The van der Waals surface area contributed by atoms with E-state index in [1.54, 1.807) is 13.8 Å². The van der Waals surface area contributed by atoms with Gasteiger partial charge >= 0.3 is 5.97 Å². The number of nitrogens with one attached hydrogen (secondary N) is 1. The summed E-state index contributed by atoms with van der Waals surface area (Å²) in [6.07, 6.45) is 0. The largest absolute Gasteiger partial charge is 0.481 e. The minimum absolute atomic E-state index is 0.506. The minimum Gasteiger partial charge on any atom is -0.481 e. The summed E-state index contributed by atoms with van der Waals surface area (Å²) in [4.78, 5) is 13.3. The molecule has 0 rings (SSSR count). The summed E-state index contributed by atoms with van der Waals surface area (Å²) in [5.74, 6) is -0.755. The van der Waals surface area contributed by atoms with Crippen LogP contribution in [0.5, 0.6) is 0 Å². The topological polar surface area (TPSA) is 52.6 Å². The van der Waals surface area contributed by atoms with Crippen LogP contribution in [0.1, 0.15) is 41.5 Å². The maximum absolute atomic E-state index is 10.9. The van der Waals surface area contributed by atoms with Gasteiger partial charge in [-0.25, -0.2) is 0 Å². The Balaban J connectivity index is 3.95. The minimum atomic E-state index is -0.755. The van der Waals surface area contributed by atoms with E-state index in [4.69, 9.17) is 5.11 Å². The van der Waals surface area contributed by atoms with Gasteiger partial charge in [-0.15, -0.1) is 0 Å². The maximum atomic E-state index is 10.9. The molecule has 0 aliphatic heterocycles. The highest BCUT2D eigenvalue weighted by Gasteiger charge is 2.26. The monoisotopic (exact) mass is 244 g/mol. The van der Waals surface area contributed by atoms with Crippen LogP contribution in [0.25, 0.3) is 0 Å². The van der Waals surface area contributed by atoms with E-state index in [0.717, 1.165) is 13.1 Å². The van der Waals surface area contributed by atoms with Gasteiger partial charge in [0.15, 0.2) is 0 Å². The lowest BCUT2D eigenvalue weighted by Crippen LogP contribution is -2.43. The van der Waals surface area contributed by atoms with Gasteiger partial charge in [0.25, 0.3) is 0 Å². The van der Waals surface area contributed by atoms with E-state index in [1.165, 1.54) is 0 Å². The van der Waals surface area contributed by atoms with Crippen LogP contribution in [0.15, 0.2) is 0 Å². The Bertz CT molecular complexity index is 230. The molecule has 2 N–H and O–H groups in total. The van der Waals surface area contributed by atoms with Gasteiger partial charge in [0, 0.05) is 31.7 Å². The van der Waals surface area contributed by atoms with Gasteiger partial charge in [-0.3, -0.25) is 9.69 Å². The molecule has 0 amide bonds. The third-order valence-electron chi connectivity index (χ3n) is 3.02. The molecule has 0 aromatic carbocycles. The Kier molecular flexibility index (Phi) is 6.72. The summed E-state index contributed by atoms with van der Waals surface area (Å²) in [6, 6.07) is 1.04. The molecule has 0 radical (unpaired) electrons. The average Bonchev–Trinajstić information content (AvgIpc) is 2.15. The standard InChI is InChI=1S/C13H28N2O2/c1-10(2)15(11(3)4)8-7-14-9-13(5,6)12(16)17/h10-11,14H,7-9H2,1-6H3,(H,16,17). The van der Waals surface area contributed by atoms with Crippen molar-refractivity contribution >= 4 is 5.97 Å². The summed E-state index contributed by atoms with van der Waals surface area (Å²) >= 11 is 0. The van der Waals surface area contributed by atoms with Crippen molar-refractivity contribution in [1.82, 2.24) is 10.2 Å². The van der Waals surface area contributed by atoms with Crippen molar-refractivity contribution in [3.63, 3.8) is 0 Å². The zero-order chi connectivity index (χ0) is 13.6. The molecule has 0 aromatic heterocycles. The lowest BCUT2D eigenvalue weighted by atomic mass is 9.94. The van der Waals surface area contributed by atoms with E-state index in [1.807, 2.05) is 0 Å². The van der Waals surface area contributed by atoms with Crippen LogP contribution in [0, 0.1) is 5.41 Å². The zero-order valence-corrected chi connectivity index (χ0v) is 12.1. The lowest BCUT2D eigenvalue weighted by Gasteiger charge is -2.31. The second-order valence-electron chi connectivity index (χ2n) is 5.79. The van der Waals surface area contributed by atoms with E-state index >= 15 is 0 Å². The molecule has 0 aromatic rings. The van der Waals surface area contributed by atoms with Crippen LogP contribution in [-0.4, -0.2) is 47.7 Å². The van der Waals surface area contributed by atoms with Crippen LogP contribution < -0.4 is 5.32 Å². The number of hydrogen-bond donors (Lipinski definition) is 2. The lowest BCUT2D eigenvalue weighted by molar-refractivity contribution is -0.146. The molecule has 0 saturated heterocycles. The second kappa shape index (κ2) is 6.97. The molecule has 0 unspecified atom stereocenters. The Hall–Kier alpha value is -0.610. The van der Waals surface area contributed by atoms with Gasteiger partial charge in [0.1, 0.15) is 0 Å². The first-order chi connectivity index (χ1) is 7.68. The number of aliphatic carboxylic acids is 1. The predicted octanol–water partition coefficient (Wildman–Crippen LogP) is 1.81. The zero-order valence-electron chi connectivity index (χ0n) is 12.1. The van der Waals surface area contributed by atoms with Crippen molar-refractivity contribution in [3.8, 4) is 0 Å². The molecule has 0 aliphatic rings. The van der Waals surface area contributed by atoms with Crippen molar-refractivity contribution in [2.45, 2.75) is 53.6 Å². The number of rotatable bonds is 8. The number of carboxylic acids is 1. The first kappa shape index (κ1) is 16.4. The molecular formula is C13H28N2O2. The number of carbonyl (C=O) groups is 1. The number of hydrogen-bond acceptors (Lipinski definition) is 3. The van der Waals surface area contributed by atoms with Crippen molar-refractivity contribution in [3.05, 3.63) is 0 Å². The highest BCUT2D eigenvalue weighted by molar-refractivity contribution is 5.73.